The first-order chi connectivity index (χ1) is 48.2. The van der Waals surface area contributed by atoms with Gasteiger partial charge in [0.1, 0.15) is 19.3 Å². The molecule has 0 heterocycles. The van der Waals surface area contributed by atoms with Gasteiger partial charge in [0.15, 0.2) is 12.2 Å². The number of phosphoric ester groups is 2. The van der Waals surface area contributed by atoms with Crippen molar-refractivity contribution >= 4 is 39.5 Å². The number of hydrogen-bond donors (Lipinski definition) is 3. The molecule has 0 aliphatic rings. The Balaban J connectivity index is 5.16. The number of unbranched alkanes of at least 4 members (excludes halogenated alkanes) is 55. The number of rotatable bonds is 81. The average molecular weight is 1450 g/mol. The van der Waals surface area contributed by atoms with E-state index in [0.717, 1.165) is 89.9 Å². The standard InChI is InChI=1S/C80H156O17P2/c1-5-9-13-17-21-25-28-30-32-34-36-37-38-39-41-43-45-48-51-55-59-63-67-80(85)97-76(71-91-78(83)65-61-57-53-49-47-44-42-40-35-33-31-29-26-22-18-14-10-6-2)73-95-99(88,89)93-69-74(81)68-92-98(86,87)94-72-75(70-90-77(82)64-60-56-52-24-20-16-12-8-4)96-79(84)66-62-58-54-50-46-27-23-19-15-11-7-3/h74-76,81H,5-73H2,1-4H3,(H,86,87)(H,88,89)/t74-,75+,76+/m0/s1. The van der Waals surface area contributed by atoms with Crippen LogP contribution >= 0.6 is 15.6 Å². The van der Waals surface area contributed by atoms with E-state index in [1.54, 1.807) is 0 Å². The van der Waals surface area contributed by atoms with E-state index in [1.165, 1.54) is 263 Å². The Morgan fingerprint density at radius 3 is 0.596 bits per heavy atom. The number of aliphatic hydroxyl groups excluding tert-OH is 1. The number of esters is 4. The van der Waals surface area contributed by atoms with Crippen LogP contribution in [0.2, 0.25) is 0 Å². The van der Waals surface area contributed by atoms with E-state index >= 15 is 0 Å². The van der Waals surface area contributed by atoms with Gasteiger partial charge >= 0.3 is 39.5 Å². The zero-order valence-electron chi connectivity index (χ0n) is 64.5. The van der Waals surface area contributed by atoms with Gasteiger partial charge in [-0.25, -0.2) is 9.13 Å². The van der Waals surface area contributed by atoms with Crippen LogP contribution in [0.3, 0.4) is 0 Å². The fourth-order valence-electron chi connectivity index (χ4n) is 12.5. The largest absolute Gasteiger partial charge is 0.472 e. The Morgan fingerprint density at radius 1 is 0.242 bits per heavy atom. The Kier molecular flexibility index (Phi) is 72.9. The maximum Gasteiger partial charge on any atom is 0.472 e. The van der Waals surface area contributed by atoms with E-state index in [1.807, 2.05) is 0 Å². The minimum absolute atomic E-state index is 0.107. The molecule has 0 fully saturated rings. The number of hydrogen-bond acceptors (Lipinski definition) is 15. The maximum atomic E-state index is 13.1. The number of carbonyl (C=O) groups is 4. The molecule has 0 saturated heterocycles. The molecule has 0 rings (SSSR count). The molecular weight excluding hydrogens is 1290 g/mol. The SMILES string of the molecule is CCCCCCCCCCCCCCCCCCCCCCCCC(=O)O[C@H](COC(=O)CCCCCCCCCCCCCCCCCCCC)COP(=O)(O)OC[C@@H](O)COP(=O)(O)OC[C@@H](COC(=O)CCCCCCCCCC)OC(=O)CCCCCCCCCCCCC. The van der Waals surface area contributed by atoms with Crippen molar-refractivity contribution in [1.29, 1.82) is 0 Å². The molecule has 3 N–H and O–H groups in total. The van der Waals surface area contributed by atoms with Crippen molar-refractivity contribution < 1.29 is 80.2 Å². The van der Waals surface area contributed by atoms with Crippen LogP contribution in [0.1, 0.15) is 432 Å². The first-order valence-electron chi connectivity index (χ1n) is 41.8. The van der Waals surface area contributed by atoms with Gasteiger partial charge in [-0.3, -0.25) is 37.3 Å². The highest BCUT2D eigenvalue weighted by atomic mass is 31.2. The van der Waals surface area contributed by atoms with Crippen LogP contribution in [-0.4, -0.2) is 96.7 Å². The quantitative estimate of drug-likeness (QED) is 0.0222. The molecule has 0 aliphatic carbocycles. The van der Waals surface area contributed by atoms with Crippen LogP contribution in [-0.2, 0) is 65.4 Å². The van der Waals surface area contributed by atoms with Gasteiger partial charge in [-0.15, -0.1) is 0 Å². The van der Waals surface area contributed by atoms with Gasteiger partial charge < -0.3 is 33.8 Å². The molecule has 0 aromatic carbocycles. The summed E-state index contributed by atoms with van der Waals surface area (Å²) in [5, 5.41) is 10.6. The van der Waals surface area contributed by atoms with Crippen molar-refractivity contribution in [2.45, 2.75) is 451 Å². The summed E-state index contributed by atoms with van der Waals surface area (Å²) < 4.78 is 68.5. The number of aliphatic hydroxyl groups is 1. The lowest BCUT2D eigenvalue weighted by atomic mass is 10.0. The molecule has 17 nitrogen and oxygen atoms in total. The predicted molar refractivity (Wildman–Crippen MR) is 405 cm³/mol. The molecule has 0 bridgehead atoms. The highest BCUT2D eigenvalue weighted by molar-refractivity contribution is 7.47. The lowest BCUT2D eigenvalue weighted by Gasteiger charge is -2.21. The Morgan fingerprint density at radius 2 is 0.404 bits per heavy atom. The van der Waals surface area contributed by atoms with Gasteiger partial charge in [-0.05, 0) is 25.7 Å². The summed E-state index contributed by atoms with van der Waals surface area (Å²) in [6.45, 7) is 4.98. The van der Waals surface area contributed by atoms with Crippen LogP contribution in [0.5, 0.6) is 0 Å². The van der Waals surface area contributed by atoms with Crippen molar-refractivity contribution in [2.75, 3.05) is 39.6 Å². The minimum Gasteiger partial charge on any atom is -0.462 e. The van der Waals surface area contributed by atoms with Gasteiger partial charge in [0, 0.05) is 25.7 Å². The zero-order valence-corrected chi connectivity index (χ0v) is 66.3. The molecule has 99 heavy (non-hydrogen) atoms. The summed E-state index contributed by atoms with van der Waals surface area (Å²) in [7, 11) is -9.91. The fourth-order valence-corrected chi connectivity index (χ4v) is 14.0. The topological polar surface area (TPSA) is 237 Å². The molecule has 0 radical (unpaired) electrons. The molecule has 0 aromatic rings. The Hall–Kier alpha value is -1.94. The van der Waals surface area contributed by atoms with Gasteiger partial charge in [-0.1, -0.05) is 381 Å². The third kappa shape index (κ3) is 74.1. The maximum absolute atomic E-state index is 13.1. The Bertz CT molecular complexity index is 1880. The summed E-state index contributed by atoms with van der Waals surface area (Å²) in [5.74, 6) is -2.11. The first-order valence-corrected chi connectivity index (χ1v) is 44.8. The third-order valence-electron chi connectivity index (χ3n) is 18.9. The van der Waals surface area contributed by atoms with Crippen LogP contribution in [0, 0.1) is 0 Å². The smallest absolute Gasteiger partial charge is 0.462 e. The molecular formula is C80H156O17P2. The molecule has 0 amide bonds. The van der Waals surface area contributed by atoms with Gasteiger partial charge in [-0.2, -0.15) is 0 Å². The molecule has 2 unspecified atom stereocenters. The van der Waals surface area contributed by atoms with E-state index in [-0.39, 0.29) is 25.7 Å². The van der Waals surface area contributed by atoms with Gasteiger partial charge in [0.2, 0.25) is 0 Å². The molecule has 19 heteroatoms. The van der Waals surface area contributed by atoms with E-state index < -0.39 is 97.5 Å². The lowest BCUT2D eigenvalue weighted by Crippen LogP contribution is -2.30. The fraction of sp³-hybridized carbons (Fsp3) is 0.950. The molecule has 0 aliphatic heterocycles. The monoisotopic (exact) mass is 1450 g/mol. The average Bonchev–Trinajstić information content (AvgIpc) is 1.13. The second-order valence-corrected chi connectivity index (χ2v) is 31.7. The number of ether oxygens (including phenoxy) is 4. The molecule has 0 aromatic heterocycles. The minimum atomic E-state index is -4.96. The number of carbonyl (C=O) groups excluding carboxylic acids is 4. The van der Waals surface area contributed by atoms with Gasteiger partial charge in [0.05, 0.1) is 26.4 Å². The van der Waals surface area contributed by atoms with Crippen LogP contribution in [0.4, 0.5) is 0 Å². The normalized spacial score (nSPS) is 13.8. The second kappa shape index (κ2) is 74.3. The number of phosphoric acid groups is 2. The summed E-state index contributed by atoms with van der Waals surface area (Å²) in [4.78, 5) is 72.8. The van der Waals surface area contributed by atoms with Gasteiger partial charge in [0.25, 0.3) is 0 Å². The Labute approximate surface area is 607 Å². The molecule has 0 saturated carbocycles. The highest BCUT2D eigenvalue weighted by Gasteiger charge is 2.30. The van der Waals surface area contributed by atoms with E-state index in [9.17, 15) is 43.2 Å². The van der Waals surface area contributed by atoms with E-state index in [2.05, 4.69) is 27.7 Å². The van der Waals surface area contributed by atoms with E-state index in [0.29, 0.717) is 25.7 Å². The predicted octanol–water partition coefficient (Wildman–Crippen LogP) is 24.2. The first kappa shape index (κ1) is 97.1. The van der Waals surface area contributed by atoms with Crippen LogP contribution in [0.15, 0.2) is 0 Å². The second-order valence-electron chi connectivity index (χ2n) is 28.8. The third-order valence-corrected chi connectivity index (χ3v) is 20.8. The zero-order chi connectivity index (χ0) is 72.5. The highest BCUT2D eigenvalue weighted by Crippen LogP contribution is 2.45. The van der Waals surface area contributed by atoms with E-state index in [4.69, 9.17) is 37.0 Å². The van der Waals surface area contributed by atoms with Crippen molar-refractivity contribution in [2.24, 2.45) is 0 Å². The van der Waals surface area contributed by atoms with Crippen LogP contribution < -0.4 is 0 Å². The van der Waals surface area contributed by atoms with Crippen molar-refractivity contribution in [3.05, 3.63) is 0 Å². The van der Waals surface area contributed by atoms with Crippen molar-refractivity contribution in [3.8, 4) is 0 Å². The summed E-state index contributed by atoms with van der Waals surface area (Å²) >= 11 is 0. The molecule has 5 atom stereocenters. The molecule has 0 spiro atoms. The summed E-state index contributed by atoms with van der Waals surface area (Å²) in [6.07, 6.45) is 66.8. The van der Waals surface area contributed by atoms with Crippen LogP contribution in [0.25, 0.3) is 0 Å². The summed E-state index contributed by atoms with van der Waals surface area (Å²) in [5.41, 5.74) is 0. The van der Waals surface area contributed by atoms with Crippen molar-refractivity contribution in [3.63, 3.8) is 0 Å². The van der Waals surface area contributed by atoms with Crippen molar-refractivity contribution in [1.82, 2.24) is 0 Å². The molecule has 588 valence electrons. The lowest BCUT2D eigenvalue weighted by molar-refractivity contribution is -0.161. The summed E-state index contributed by atoms with van der Waals surface area (Å²) in [6, 6.07) is 0.